The van der Waals surface area contributed by atoms with Gasteiger partial charge in [-0.15, -0.1) is 0 Å². The van der Waals surface area contributed by atoms with Gasteiger partial charge in [-0.3, -0.25) is 4.79 Å². The fourth-order valence-electron chi connectivity index (χ4n) is 3.78. The van der Waals surface area contributed by atoms with Crippen LogP contribution in [-0.4, -0.2) is 56.6 Å². The van der Waals surface area contributed by atoms with E-state index in [1.807, 2.05) is 110 Å². The van der Waals surface area contributed by atoms with Crippen LogP contribution in [0.5, 0.6) is 0 Å². The Hall–Kier alpha value is -3.64. The molecular formula is C30H37N3O3. The van der Waals surface area contributed by atoms with E-state index in [4.69, 9.17) is 4.74 Å². The number of ether oxygens (including phenoxy) is 1. The van der Waals surface area contributed by atoms with Gasteiger partial charge in [-0.05, 0) is 88.8 Å². The molecular weight excluding hydrogens is 450 g/mol. The maximum absolute atomic E-state index is 13.4. The lowest BCUT2D eigenvalue weighted by Crippen LogP contribution is -2.28. The first-order valence-corrected chi connectivity index (χ1v) is 12.2. The zero-order chi connectivity index (χ0) is 26.5. The first kappa shape index (κ1) is 27.0. The number of esters is 1. The van der Waals surface area contributed by atoms with E-state index in [0.717, 1.165) is 35.5 Å². The second kappa shape index (κ2) is 11.4. The number of hydrogen-bond donors (Lipinski definition) is 1. The third-order valence-electron chi connectivity index (χ3n) is 5.77. The predicted octanol–water partition coefficient (Wildman–Crippen LogP) is 5.87. The van der Waals surface area contributed by atoms with Gasteiger partial charge in [-0.25, -0.2) is 4.79 Å². The van der Waals surface area contributed by atoms with Crippen molar-refractivity contribution in [2.75, 3.05) is 44.4 Å². The van der Waals surface area contributed by atoms with Crippen LogP contribution in [0.1, 0.15) is 47.1 Å². The first-order valence-electron chi connectivity index (χ1n) is 12.2. The zero-order valence-electron chi connectivity index (χ0n) is 22.4. The minimum atomic E-state index is -0.651. The van der Waals surface area contributed by atoms with E-state index in [-0.39, 0.29) is 5.91 Å². The third kappa shape index (κ3) is 7.18. The Balaban J connectivity index is 1.91. The summed E-state index contributed by atoms with van der Waals surface area (Å²) < 4.78 is 5.60. The van der Waals surface area contributed by atoms with Crippen LogP contribution >= 0.6 is 0 Å². The summed E-state index contributed by atoms with van der Waals surface area (Å²) in [6, 6.07) is 21.0. The van der Waals surface area contributed by atoms with Crippen LogP contribution < -0.4 is 10.2 Å². The minimum absolute atomic E-state index is 0.273. The predicted molar refractivity (Wildman–Crippen MR) is 148 cm³/mol. The molecule has 0 unspecified atom stereocenters. The highest BCUT2D eigenvalue weighted by molar-refractivity contribution is 6.09. The molecule has 0 aliphatic heterocycles. The minimum Gasteiger partial charge on any atom is -0.456 e. The van der Waals surface area contributed by atoms with E-state index >= 15 is 0 Å². The number of nitrogens with zero attached hydrogens (tertiary/aromatic N) is 2. The Morgan fingerprint density at radius 1 is 0.833 bits per heavy atom. The summed E-state index contributed by atoms with van der Waals surface area (Å²) in [4.78, 5) is 30.6. The number of carbonyl (C=O) groups is 2. The SMILES string of the molecule is Cc1cc(N(C)CCN(C)C)ccc1C(=O)Nc1cc(-c2ccccc2)ccc1C(=O)OC(C)(C)C. The van der Waals surface area contributed by atoms with Crippen LogP contribution in [0.25, 0.3) is 11.1 Å². The third-order valence-corrected chi connectivity index (χ3v) is 5.77. The molecule has 6 nitrogen and oxygen atoms in total. The Bertz CT molecular complexity index is 1210. The summed E-state index contributed by atoms with van der Waals surface area (Å²) in [5.74, 6) is -0.753. The van der Waals surface area contributed by atoms with Gasteiger partial charge in [0, 0.05) is 31.4 Å². The quantitative estimate of drug-likeness (QED) is 0.403. The van der Waals surface area contributed by atoms with Gasteiger partial charge in [-0.2, -0.15) is 0 Å². The number of benzene rings is 3. The molecule has 1 amide bonds. The average molecular weight is 488 g/mol. The van der Waals surface area contributed by atoms with Crippen LogP contribution in [-0.2, 0) is 4.74 Å². The van der Waals surface area contributed by atoms with E-state index in [1.54, 1.807) is 6.07 Å². The standard InChI is InChI=1S/C30H37N3O3/c1-21-19-24(33(7)18-17-32(5)6)14-16-25(21)28(34)31-27-20-23(22-11-9-8-10-12-22)13-15-26(27)29(35)36-30(2,3)4/h8-16,19-20H,17-18H2,1-7H3,(H,31,34). The van der Waals surface area contributed by atoms with Crippen molar-refractivity contribution in [2.45, 2.75) is 33.3 Å². The van der Waals surface area contributed by atoms with E-state index in [9.17, 15) is 9.59 Å². The lowest BCUT2D eigenvalue weighted by atomic mass is 10.0. The van der Waals surface area contributed by atoms with Gasteiger partial charge in [0.05, 0.1) is 11.3 Å². The molecule has 1 N–H and O–H groups in total. The van der Waals surface area contributed by atoms with Crippen molar-refractivity contribution in [2.24, 2.45) is 0 Å². The van der Waals surface area contributed by atoms with Crippen molar-refractivity contribution in [3.63, 3.8) is 0 Å². The maximum atomic E-state index is 13.4. The van der Waals surface area contributed by atoms with Crippen molar-refractivity contribution < 1.29 is 14.3 Å². The number of nitrogens with one attached hydrogen (secondary N) is 1. The van der Waals surface area contributed by atoms with Crippen molar-refractivity contribution in [3.8, 4) is 11.1 Å². The molecule has 6 heteroatoms. The lowest BCUT2D eigenvalue weighted by molar-refractivity contribution is 0.00708. The number of likely N-dealkylation sites (N-methyl/N-ethyl adjacent to an activating group) is 2. The number of hydrogen-bond acceptors (Lipinski definition) is 5. The van der Waals surface area contributed by atoms with Gasteiger partial charge in [0.2, 0.25) is 0 Å². The highest BCUT2D eigenvalue weighted by Gasteiger charge is 2.22. The number of amides is 1. The van der Waals surface area contributed by atoms with Crippen LogP contribution in [0.15, 0.2) is 66.7 Å². The van der Waals surface area contributed by atoms with Gasteiger partial charge in [0.1, 0.15) is 5.60 Å². The van der Waals surface area contributed by atoms with E-state index in [2.05, 4.69) is 15.1 Å². The summed E-state index contributed by atoms with van der Waals surface area (Å²) >= 11 is 0. The van der Waals surface area contributed by atoms with Crippen molar-refractivity contribution in [1.82, 2.24) is 4.90 Å². The molecule has 0 saturated heterocycles. The fraction of sp³-hybridized carbons (Fsp3) is 0.333. The first-order chi connectivity index (χ1) is 16.9. The van der Waals surface area contributed by atoms with Crippen molar-refractivity contribution >= 4 is 23.3 Å². The second-order valence-corrected chi connectivity index (χ2v) is 10.3. The fourth-order valence-corrected chi connectivity index (χ4v) is 3.78. The zero-order valence-corrected chi connectivity index (χ0v) is 22.4. The van der Waals surface area contributed by atoms with Gasteiger partial charge in [0.25, 0.3) is 5.91 Å². The van der Waals surface area contributed by atoms with Crippen molar-refractivity contribution in [3.05, 3.63) is 83.4 Å². The molecule has 36 heavy (non-hydrogen) atoms. The molecule has 0 heterocycles. The number of carbonyl (C=O) groups excluding carboxylic acids is 2. The average Bonchev–Trinajstić information content (AvgIpc) is 2.81. The molecule has 0 saturated carbocycles. The molecule has 0 aromatic heterocycles. The molecule has 0 fully saturated rings. The normalized spacial score (nSPS) is 11.3. The molecule has 190 valence electrons. The Morgan fingerprint density at radius 2 is 1.50 bits per heavy atom. The molecule has 3 aromatic rings. The van der Waals surface area contributed by atoms with Gasteiger partial charge in [-0.1, -0.05) is 36.4 Å². The molecule has 0 aliphatic carbocycles. The van der Waals surface area contributed by atoms with Crippen LogP contribution in [0.2, 0.25) is 0 Å². The van der Waals surface area contributed by atoms with Crippen LogP contribution in [0.4, 0.5) is 11.4 Å². The number of rotatable bonds is 8. The molecule has 0 spiro atoms. The Morgan fingerprint density at radius 3 is 2.11 bits per heavy atom. The maximum Gasteiger partial charge on any atom is 0.340 e. The molecule has 0 bridgehead atoms. The van der Waals surface area contributed by atoms with Crippen molar-refractivity contribution in [1.29, 1.82) is 0 Å². The van der Waals surface area contributed by atoms with Crippen LogP contribution in [0.3, 0.4) is 0 Å². The molecule has 0 aliphatic rings. The largest absolute Gasteiger partial charge is 0.456 e. The Kier molecular flexibility index (Phi) is 8.53. The van der Waals surface area contributed by atoms with E-state index in [0.29, 0.717) is 16.8 Å². The van der Waals surface area contributed by atoms with Gasteiger partial charge < -0.3 is 19.9 Å². The molecule has 3 aromatic carbocycles. The highest BCUT2D eigenvalue weighted by Crippen LogP contribution is 2.28. The smallest absolute Gasteiger partial charge is 0.340 e. The van der Waals surface area contributed by atoms with Gasteiger partial charge >= 0.3 is 5.97 Å². The van der Waals surface area contributed by atoms with Gasteiger partial charge in [0.15, 0.2) is 0 Å². The van der Waals surface area contributed by atoms with Crippen LogP contribution in [0, 0.1) is 6.92 Å². The summed E-state index contributed by atoms with van der Waals surface area (Å²) in [5.41, 5.74) is 4.43. The Labute approximate surface area is 214 Å². The molecule has 0 radical (unpaired) electrons. The molecule has 3 rings (SSSR count). The summed E-state index contributed by atoms with van der Waals surface area (Å²) in [5, 5.41) is 2.97. The monoisotopic (exact) mass is 487 g/mol. The second-order valence-electron chi connectivity index (χ2n) is 10.3. The molecule has 0 atom stereocenters. The number of aryl methyl sites for hydroxylation is 1. The topological polar surface area (TPSA) is 61.9 Å². The summed E-state index contributed by atoms with van der Waals surface area (Å²) in [6.07, 6.45) is 0. The number of anilines is 2. The van der Waals surface area contributed by atoms with E-state index in [1.165, 1.54) is 0 Å². The lowest BCUT2D eigenvalue weighted by Gasteiger charge is -2.23. The summed E-state index contributed by atoms with van der Waals surface area (Å²) in [6.45, 7) is 9.20. The summed E-state index contributed by atoms with van der Waals surface area (Å²) in [7, 11) is 6.13. The van der Waals surface area contributed by atoms with E-state index < -0.39 is 11.6 Å². The highest BCUT2D eigenvalue weighted by atomic mass is 16.6.